The number of benzene rings is 1. The van der Waals surface area contributed by atoms with Crippen molar-refractivity contribution in [1.29, 1.82) is 0 Å². The Hall–Kier alpha value is -4.50. The number of aromatic nitrogens is 6. The Morgan fingerprint density at radius 3 is 2.67 bits per heavy atom. The average Bonchev–Trinajstić information content (AvgIpc) is 3.61. The van der Waals surface area contributed by atoms with Crippen LogP contribution in [0.2, 0.25) is 0 Å². The fourth-order valence-electron chi connectivity index (χ4n) is 5.23. The van der Waals surface area contributed by atoms with E-state index in [0.29, 0.717) is 13.2 Å². The maximum atomic E-state index is 12.2. The topological polar surface area (TPSA) is 103 Å². The van der Waals surface area contributed by atoms with E-state index in [0.717, 1.165) is 67.9 Å². The molecule has 5 heterocycles. The maximum Gasteiger partial charge on any atom is 0.247 e. The van der Waals surface area contributed by atoms with Crippen molar-refractivity contribution in [2.45, 2.75) is 33.2 Å². The van der Waals surface area contributed by atoms with Crippen molar-refractivity contribution in [3.63, 3.8) is 0 Å². The Bertz CT molecular complexity index is 1740. The largest absolute Gasteiger partial charge is 0.377 e. The second-order valence-electron chi connectivity index (χ2n) is 9.99. The molecule has 0 radical (unpaired) electrons. The third kappa shape index (κ3) is 4.15. The quantitative estimate of drug-likeness (QED) is 0.280. The highest BCUT2D eigenvalue weighted by Crippen LogP contribution is 2.43. The monoisotopic (exact) mass is 521 g/mol. The number of fused-ring (bicyclic) bond motifs is 1. The van der Waals surface area contributed by atoms with Crippen LogP contribution in [0.5, 0.6) is 0 Å². The summed E-state index contributed by atoms with van der Waals surface area (Å²) < 4.78 is 9.23. The summed E-state index contributed by atoms with van der Waals surface area (Å²) in [6, 6.07) is 6.39. The van der Waals surface area contributed by atoms with E-state index < -0.39 is 0 Å². The summed E-state index contributed by atoms with van der Waals surface area (Å²) in [5, 5.41) is 13.1. The highest BCUT2D eigenvalue weighted by atomic mass is 16.5. The SMILES string of the molecule is C=CC(=O)Nc1cc(-c2c(-c3cnn(C4COC4)c3)[nH]c3ncc(-c4cnn(C)c4C)c(CC)c23)ccc1C. The average molecular weight is 522 g/mol. The molecule has 39 heavy (non-hydrogen) atoms. The Morgan fingerprint density at radius 2 is 2.00 bits per heavy atom. The van der Waals surface area contributed by atoms with E-state index in [4.69, 9.17) is 9.72 Å². The lowest BCUT2D eigenvalue weighted by Crippen LogP contribution is -2.30. The van der Waals surface area contributed by atoms with Gasteiger partial charge < -0.3 is 15.0 Å². The zero-order chi connectivity index (χ0) is 27.3. The lowest BCUT2D eigenvalue weighted by Gasteiger charge is -2.25. The fourth-order valence-corrected chi connectivity index (χ4v) is 5.23. The number of hydrogen-bond donors (Lipinski definition) is 2. The number of carbonyl (C=O) groups excluding carboxylic acids is 1. The molecule has 0 spiro atoms. The van der Waals surface area contributed by atoms with E-state index in [1.165, 1.54) is 11.6 Å². The minimum Gasteiger partial charge on any atom is -0.377 e. The molecule has 198 valence electrons. The van der Waals surface area contributed by atoms with Crippen molar-refractivity contribution in [1.82, 2.24) is 29.5 Å². The van der Waals surface area contributed by atoms with Crippen LogP contribution in [0, 0.1) is 13.8 Å². The molecule has 0 aliphatic carbocycles. The summed E-state index contributed by atoms with van der Waals surface area (Å²) in [6.07, 6.45) is 9.88. The zero-order valence-corrected chi connectivity index (χ0v) is 22.6. The molecular formula is C30H31N7O2. The van der Waals surface area contributed by atoms with E-state index >= 15 is 0 Å². The summed E-state index contributed by atoms with van der Waals surface area (Å²) >= 11 is 0. The molecule has 4 aromatic heterocycles. The Balaban J connectivity index is 1.62. The molecule has 1 fully saturated rings. The lowest BCUT2D eigenvalue weighted by molar-refractivity contribution is -0.111. The van der Waals surface area contributed by atoms with E-state index in [1.54, 1.807) is 0 Å². The summed E-state index contributed by atoms with van der Waals surface area (Å²) in [7, 11) is 1.95. The molecule has 0 saturated carbocycles. The van der Waals surface area contributed by atoms with Gasteiger partial charge in [0.05, 0.1) is 37.3 Å². The van der Waals surface area contributed by atoms with Crippen molar-refractivity contribution in [3.8, 4) is 33.5 Å². The van der Waals surface area contributed by atoms with Crippen molar-refractivity contribution < 1.29 is 9.53 Å². The summed E-state index contributed by atoms with van der Waals surface area (Å²) in [4.78, 5) is 20.7. The number of pyridine rings is 1. The Morgan fingerprint density at radius 1 is 1.18 bits per heavy atom. The molecule has 1 amide bonds. The number of carbonyl (C=O) groups is 1. The van der Waals surface area contributed by atoms with Gasteiger partial charge in [0.25, 0.3) is 0 Å². The minimum atomic E-state index is -0.247. The van der Waals surface area contributed by atoms with Gasteiger partial charge in [-0.05, 0) is 49.1 Å². The van der Waals surface area contributed by atoms with Gasteiger partial charge in [-0.3, -0.25) is 14.2 Å². The molecule has 2 N–H and O–H groups in total. The zero-order valence-electron chi connectivity index (χ0n) is 22.6. The molecule has 6 rings (SSSR count). The molecule has 1 aromatic carbocycles. The van der Waals surface area contributed by atoms with Crippen molar-refractivity contribution in [3.05, 3.63) is 72.5 Å². The lowest BCUT2D eigenvalue weighted by atomic mass is 9.92. The summed E-state index contributed by atoms with van der Waals surface area (Å²) in [5.74, 6) is -0.247. The number of ether oxygens (including phenoxy) is 1. The first-order chi connectivity index (χ1) is 18.9. The predicted molar refractivity (Wildman–Crippen MR) is 152 cm³/mol. The number of aryl methyl sites for hydroxylation is 3. The van der Waals surface area contributed by atoms with Crippen molar-refractivity contribution >= 4 is 22.6 Å². The minimum absolute atomic E-state index is 0.246. The second kappa shape index (κ2) is 9.67. The molecule has 1 aliphatic heterocycles. The van der Waals surface area contributed by atoms with Gasteiger partial charge in [0.15, 0.2) is 0 Å². The first-order valence-corrected chi connectivity index (χ1v) is 13.1. The number of hydrogen-bond acceptors (Lipinski definition) is 5. The highest BCUT2D eigenvalue weighted by Gasteiger charge is 2.25. The molecule has 0 unspecified atom stereocenters. The molecular weight excluding hydrogens is 490 g/mol. The molecule has 1 aliphatic rings. The number of nitrogens with one attached hydrogen (secondary N) is 2. The van der Waals surface area contributed by atoms with Gasteiger partial charge in [-0.2, -0.15) is 10.2 Å². The first kappa shape index (κ1) is 24.8. The van der Waals surface area contributed by atoms with Crippen LogP contribution >= 0.6 is 0 Å². The third-order valence-corrected chi connectivity index (χ3v) is 7.66. The van der Waals surface area contributed by atoms with E-state index in [1.807, 2.05) is 54.1 Å². The van der Waals surface area contributed by atoms with Gasteiger partial charge in [-0.15, -0.1) is 0 Å². The predicted octanol–water partition coefficient (Wildman–Crippen LogP) is 5.37. The Labute approximate surface area is 226 Å². The maximum absolute atomic E-state index is 12.2. The van der Waals surface area contributed by atoms with Gasteiger partial charge in [-0.25, -0.2) is 4.98 Å². The van der Waals surface area contributed by atoms with Gasteiger partial charge in [0.1, 0.15) is 5.65 Å². The standard InChI is InChI=1S/C30H31N7O2/c1-6-22-24(23-13-32-36(5)18(23)4)12-31-30-28(22)27(19-9-8-17(3)25(10-19)34-26(38)7-2)29(35-30)20-11-33-37(14-20)21-15-39-16-21/h7-14,21H,2,6,15-16H2,1,3-5H3,(H,31,35)(H,34,38). The first-order valence-electron chi connectivity index (χ1n) is 13.1. The van der Waals surface area contributed by atoms with Crippen LogP contribution in [0.4, 0.5) is 5.69 Å². The van der Waals surface area contributed by atoms with E-state index in [2.05, 4.69) is 53.2 Å². The van der Waals surface area contributed by atoms with E-state index in [9.17, 15) is 4.79 Å². The number of amides is 1. The number of aromatic amines is 1. The van der Waals surface area contributed by atoms with Crippen molar-refractivity contribution in [2.75, 3.05) is 18.5 Å². The molecule has 9 nitrogen and oxygen atoms in total. The van der Waals surface area contributed by atoms with Gasteiger partial charge in [0, 0.05) is 58.5 Å². The number of anilines is 1. The van der Waals surface area contributed by atoms with Crippen LogP contribution in [0.25, 0.3) is 44.5 Å². The normalized spacial score (nSPS) is 13.5. The smallest absolute Gasteiger partial charge is 0.247 e. The summed E-state index contributed by atoms with van der Waals surface area (Å²) in [5.41, 5.74) is 10.8. The number of rotatable bonds is 7. The second-order valence-corrected chi connectivity index (χ2v) is 9.99. The highest BCUT2D eigenvalue weighted by molar-refractivity contribution is 6.07. The van der Waals surface area contributed by atoms with Crippen LogP contribution < -0.4 is 5.32 Å². The van der Waals surface area contributed by atoms with Crippen molar-refractivity contribution in [2.24, 2.45) is 7.05 Å². The van der Waals surface area contributed by atoms with Crippen LogP contribution in [-0.4, -0.2) is 48.6 Å². The van der Waals surface area contributed by atoms with E-state index in [-0.39, 0.29) is 11.9 Å². The number of H-pyrrole nitrogens is 1. The molecule has 0 atom stereocenters. The van der Waals surface area contributed by atoms with Gasteiger partial charge in [0.2, 0.25) is 5.91 Å². The number of nitrogens with zero attached hydrogens (tertiary/aromatic N) is 5. The third-order valence-electron chi connectivity index (χ3n) is 7.66. The summed E-state index contributed by atoms with van der Waals surface area (Å²) in [6.45, 7) is 11.2. The van der Waals surface area contributed by atoms with Gasteiger partial charge in [-0.1, -0.05) is 25.6 Å². The molecule has 0 bridgehead atoms. The molecule has 9 heteroatoms. The van der Waals surface area contributed by atoms with Crippen LogP contribution in [-0.2, 0) is 23.0 Å². The van der Waals surface area contributed by atoms with Crippen LogP contribution in [0.3, 0.4) is 0 Å². The Kier molecular flexibility index (Phi) is 6.15. The molecule has 5 aromatic rings. The molecule has 1 saturated heterocycles. The fraction of sp³-hybridized carbons (Fsp3) is 0.267. The van der Waals surface area contributed by atoms with Gasteiger partial charge >= 0.3 is 0 Å². The van der Waals surface area contributed by atoms with Crippen LogP contribution in [0.15, 0.2) is 55.6 Å². The van der Waals surface area contributed by atoms with Crippen LogP contribution in [0.1, 0.15) is 29.8 Å².